The highest BCUT2D eigenvalue weighted by molar-refractivity contribution is 6.40. The van der Waals surface area contributed by atoms with Gasteiger partial charge in [0, 0.05) is 17.4 Å². The standard InChI is InChI=1S/C9H14O5.C9H12O5.C8H14O3.C8H12O3/c2*1-5(2)3-6(4-7(10)11)8(12)9(13)14;2*1-6(2)3-7(5-9)4-8(10)11/h5-6H,3-4H2,1-2H3,(H,10,11)(H,13,14);3,5H,4H2,1-2H3,(H,10,11)(H,13,14);5-7H,3-4H2,1-2H3,(H,10,11);3,5-6H,4H2,1-2H3,(H,10,11)/b;6-3+;;7-3+. The van der Waals surface area contributed by atoms with E-state index in [1.165, 1.54) is 6.08 Å². The van der Waals surface area contributed by atoms with Gasteiger partial charge in [-0.2, -0.15) is 0 Å². The topological polar surface area (TPSA) is 292 Å². The number of carboxylic acids is 6. The number of rotatable bonds is 20. The Balaban J connectivity index is -0.000000284. The maximum atomic E-state index is 11.1. The molecule has 16 nitrogen and oxygen atoms in total. The molecule has 2 unspecified atom stereocenters. The second-order valence-corrected chi connectivity index (χ2v) is 12.5. The summed E-state index contributed by atoms with van der Waals surface area (Å²) in [6.45, 7) is 14.8. The summed E-state index contributed by atoms with van der Waals surface area (Å²) < 4.78 is 0. The van der Waals surface area contributed by atoms with Crippen molar-refractivity contribution in [2.45, 2.75) is 93.9 Å². The van der Waals surface area contributed by atoms with E-state index in [2.05, 4.69) is 0 Å². The number of carboxylic acid groups (broad SMARTS) is 6. The molecule has 0 saturated heterocycles. The summed E-state index contributed by atoms with van der Waals surface area (Å²) in [6.07, 6.45) is 4.09. The fourth-order valence-electron chi connectivity index (χ4n) is 3.91. The van der Waals surface area contributed by atoms with Crippen molar-refractivity contribution < 1.29 is 78.6 Å². The fraction of sp³-hybridized carbons (Fsp3) is 0.588. The van der Waals surface area contributed by atoms with Crippen LogP contribution in [0.25, 0.3) is 0 Å². The van der Waals surface area contributed by atoms with Crippen LogP contribution in [0.2, 0.25) is 0 Å². The zero-order valence-corrected chi connectivity index (χ0v) is 29.8. The van der Waals surface area contributed by atoms with Crippen LogP contribution >= 0.6 is 0 Å². The lowest BCUT2D eigenvalue weighted by Gasteiger charge is -2.13. The van der Waals surface area contributed by atoms with Gasteiger partial charge in [0.15, 0.2) is 0 Å². The monoisotopic (exact) mass is 716 g/mol. The van der Waals surface area contributed by atoms with Crippen LogP contribution in [-0.4, -0.2) is 90.6 Å². The van der Waals surface area contributed by atoms with Gasteiger partial charge in [-0.15, -0.1) is 0 Å². The predicted molar refractivity (Wildman–Crippen MR) is 178 cm³/mol. The molecule has 0 rings (SSSR count). The van der Waals surface area contributed by atoms with E-state index < -0.39 is 66.1 Å². The molecule has 0 aliphatic heterocycles. The average molecular weight is 717 g/mol. The predicted octanol–water partition coefficient (Wildman–Crippen LogP) is 4.04. The second kappa shape index (κ2) is 28.9. The molecule has 0 heterocycles. The molecule has 284 valence electrons. The Morgan fingerprint density at radius 3 is 1.26 bits per heavy atom. The van der Waals surface area contributed by atoms with Crippen molar-refractivity contribution in [3.05, 3.63) is 23.3 Å². The van der Waals surface area contributed by atoms with E-state index in [0.29, 0.717) is 24.2 Å². The first-order valence-electron chi connectivity index (χ1n) is 15.5. The highest BCUT2D eigenvalue weighted by Crippen LogP contribution is 2.17. The quantitative estimate of drug-likeness (QED) is 0.0588. The van der Waals surface area contributed by atoms with Crippen LogP contribution in [0, 0.1) is 35.5 Å². The number of carbonyl (C=O) groups excluding carboxylic acids is 4. The van der Waals surface area contributed by atoms with Gasteiger partial charge >= 0.3 is 35.8 Å². The Labute approximate surface area is 291 Å². The number of ketones is 2. The van der Waals surface area contributed by atoms with Crippen LogP contribution in [0.15, 0.2) is 23.3 Å². The van der Waals surface area contributed by atoms with Gasteiger partial charge in [-0.25, -0.2) is 9.59 Å². The molecule has 0 aromatic heterocycles. The van der Waals surface area contributed by atoms with Crippen LogP contribution in [0.5, 0.6) is 0 Å². The first-order chi connectivity index (χ1) is 22.8. The van der Waals surface area contributed by atoms with Crippen molar-refractivity contribution >= 4 is 60.0 Å². The van der Waals surface area contributed by atoms with E-state index in [4.69, 9.17) is 30.6 Å². The van der Waals surface area contributed by atoms with Gasteiger partial charge in [0.05, 0.1) is 25.7 Å². The Hall–Kier alpha value is -5.02. The lowest BCUT2D eigenvalue weighted by molar-refractivity contribution is -0.152. The Morgan fingerprint density at radius 2 is 0.980 bits per heavy atom. The Morgan fingerprint density at radius 1 is 0.540 bits per heavy atom. The summed E-state index contributed by atoms with van der Waals surface area (Å²) in [5.41, 5.74) is 0.160. The van der Waals surface area contributed by atoms with Gasteiger partial charge in [-0.05, 0) is 42.1 Å². The number of carbonyl (C=O) groups is 10. The minimum Gasteiger partial charge on any atom is -0.481 e. The van der Waals surface area contributed by atoms with Gasteiger partial charge < -0.3 is 35.4 Å². The summed E-state index contributed by atoms with van der Waals surface area (Å²) >= 11 is 0. The minimum absolute atomic E-state index is 0.0400. The first-order valence-corrected chi connectivity index (χ1v) is 15.5. The number of hydrogen-bond donors (Lipinski definition) is 6. The van der Waals surface area contributed by atoms with Crippen LogP contribution in [0.1, 0.15) is 93.9 Å². The van der Waals surface area contributed by atoms with E-state index in [0.717, 1.165) is 6.29 Å². The smallest absolute Gasteiger partial charge is 0.376 e. The van der Waals surface area contributed by atoms with Crippen molar-refractivity contribution in [1.29, 1.82) is 0 Å². The minimum atomic E-state index is -1.63. The largest absolute Gasteiger partial charge is 0.481 e. The molecule has 16 heteroatoms. The Bertz CT molecular complexity index is 1220. The molecule has 6 N–H and O–H groups in total. The van der Waals surface area contributed by atoms with Gasteiger partial charge in [0.2, 0.25) is 5.78 Å². The van der Waals surface area contributed by atoms with Crippen molar-refractivity contribution in [3.63, 3.8) is 0 Å². The molecule has 0 radical (unpaired) electrons. The highest BCUT2D eigenvalue weighted by Gasteiger charge is 2.27. The van der Waals surface area contributed by atoms with E-state index in [9.17, 15) is 47.9 Å². The number of Topliss-reactive ketones (excluding diaryl/α,β-unsaturated/α-hetero) is 2. The molecule has 0 amide bonds. The zero-order valence-electron chi connectivity index (χ0n) is 29.8. The number of aliphatic carboxylic acids is 6. The normalized spacial score (nSPS) is 12.2. The molecule has 0 saturated carbocycles. The maximum Gasteiger partial charge on any atom is 0.376 e. The number of allylic oxidation sites excluding steroid dienone is 2. The first kappa shape index (κ1) is 51.8. The van der Waals surface area contributed by atoms with Gasteiger partial charge in [0.25, 0.3) is 5.78 Å². The summed E-state index contributed by atoms with van der Waals surface area (Å²) in [4.78, 5) is 104. The van der Waals surface area contributed by atoms with E-state index in [1.54, 1.807) is 19.9 Å². The molecule has 0 aliphatic rings. The lowest BCUT2D eigenvalue weighted by atomic mass is 9.90. The summed E-state index contributed by atoms with van der Waals surface area (Å²) in [7, 11) is 0. The van der Waals surface area contributed by atoms with E-state index in [-0.39, 0.29) is 48.5 Å². The summed E-state index contributed by atoms with van der Waals surface area (Å²) in [5.74, 6) is -10.2. The van der Waals surface area contributed by atoms with Gasteiger partial charge in [-0.1, -0.05) is 67.5 Å². The second-order valence-electron chi connectivity index (χ2n) is 12.5. The summed E-state index contributed by atoms with van der Waals surface area (Å²) in [6, 6.07) is 0. The number of aldehydes is 2. The SMILES string of the molecule is CC(C)/C=C(/C=O)CC(=O)O.CC(C)/C=C(\CC(=O)O)C(=O)C(=O)O.CC(C)CC(C=O)CC(=O)O.CC(C)CC(CC(=O)O)C(=O)C(=O)O. The van der Waals surface area contributed by atoms with Crippen LogP contribution in [0.4, 0.5) is 0 Å². The van der Waals surface area contributed by atoms with Crippen molar-refractivity contribution in [3.8, 4) is 0 Å². The summed E-state index contributed by atoms with van der Waals surface area (Å²) in [5, 5.41) is 50.5. The fourth-order valence-corrected chi connectivity index (χ4v) is 3.91. The van der Waals surface area contributed by atoms with Crippen molar-refractivity contribution in [2.75, 3.05) is 0 Å². The molecule has 2 atom stereocenters. The van der Waals surface area contributed by atoms with Crippen LogP contribution in [0.3, 0.4) is 0 Å². The van der Waals surface area contributed by atoms with Crippen LogP contribution < -0.4 is 0 Å². The van der Waals surface area contributed by atoms with Gasteiger partial charge in [-0.3, -0.25) is 33.6 Å². The zero-order chi connectivity index (χ0) is 40.3. The molecular weight excluding hydrogens is 664 g/mol. The van der Waals surface area contributed by atoms with Crippen molar-refractivity contribution in [1.82, 2.24) is 0 Å². The third-order valence-corrected chi connectivity index (χ3v) is 5.58. The third-order valence-electron chi connectivity index (χ3n) is 5.58. The molecule has 0 spiro atoms. The highest BCUT2D eigenvalue weighted by atomic mass is 16.4. The lowest BCUT2D eigenvalue weighted by Crippen LogP contribution is -2.26. The van der Waals surface area contributed by atoms with Crippen LogP contribution in [-0.2, 0) is 47.9 Å². The molecule has 0 aliphatic carbocycles. The molecule has 0 bridgehead atoms. The maximum absolute atomic E-state index is 11.1. The molecule has 0 fully saturated rings. The molecule has 0 aromatic rings. The third kappa shape index (κ3) is 34.3. The van der Waals surface area contributed by atoms with E-state index in [1.807, 2.05) is 41.5 Å². The Kier molecular flexibility index (Phi) is 30.0. The average Bonchev–Trinajstić information content (AvgIpc) is 2.93. The molecule has 0 aromatic carbocycles. The molecular formula is C34H52O16. The van der Waals surface area contributed by atoms with Gasteiger partial charge in [0.1, 0.15) is 12.6 Å². The molecule has 50 heavy (non-hydrogen) atoms. The van der Waals surface area contributed by atoms with Crippen molar-refractivity contribution in [2.24, 2.45) is 35.5 Å². The van der Waals surface area contributed by atoms with E-state index >= 15 is 0 Å². The number of hydrogen-bond acceptors (Lipinski definition) is 10.